The highest BCUT2D eigenvalue weighted by Crippen LogP contribution is 2.39. The maximum atomic E-state index is 12.5. The van der Waals surface area contributed by atoms with Crippen LogP contribution in [0.3, 0.4) is 0 Å². The molecule has 0 fully saturated rings. The van der Waals surface area contributed by atoms with Crippen LogP contribution in [0.15, 0.2) is 52.7 Å². The van der Waals surface area contributed by atoms with E-state index in [0.717, 1.165) is 10.9 Å². The highest BCUT2D eigenvalue weighted by Gasteiger charge is 2.18. The van der Waals surface area contributed by atoms with Crippen LogP contribution in [0.5, 0.6) is 17.4 Å². The Morgan fingerprint density at radius 3 is 2.36 bits per heavy atom. The van der Waals surface area contributed by atoms with Crippen LogP contribution in [0.4, 0.5) is 5.69 Å². The van der Waals surface area contributed by atoms with Crippen LogP contribution in [0.2, 0.25) is 0 Å². The van der Waals surface area contributed by atoms with E-state index >= 15 is 0 Å². The minimum absolute atomic E-state index is 0.00493. The number of benzene rings is 2. The zero-order chi connectivity index (χ0) is 20.3. The predicted molar refractivity (Wildman–Crippen MR) is 107 cm³/mol. The molecule has 1 N–H and O–H groups in total. The SMILES string of the molecule is COc1cc(OC)cc(C(=O)N=Nc2c(O)n(CC(C)C)c3ccccc23)c1. The van der Waals surface area contributed by atoms with Crippen molar-refractivity contribution in [3.05, 3.63) is 48.0 Å². The van der Waals surface area contributed by atoms with Gasteiger partial charge in [-0.15, -0.1) is 10.2 Å². The van der Waals surface area contributed by atoms with Gasteiger partial charge in [-0.3, -0.25) is 4.79 Å². The van der Waals surface area contributed by atoms with E-state index in [-0.39, 0.29) is 17.1 Å². The van der Waals surface area contributed by atoms with Crippen molar-refractivity contribution in [1.29, 1.82) is 0 Å². The van der Waals surface area contributed by atoms with Gasteiger partial charge in [0.05, 0.1) is 25.3 Å². The Kier molecular flexibility index (Phi) is 5.63. The van der Waals surface area contributed by atoms with E-state index in [1.165, 1.54) is 14.2 Å². The molecular formula is C21H23N3O4. The summed E-state index contributed by atoms with van der Waals surface area (Å²) in [5.41, 5.74) is 1.41. The molecule has 1 heterocycles. The Bertz CT molecular complexity index is 1020. The van der Waals surface area contributed by atoms with Crippen molar-refractivity contribution in [2.75, 3.05) is 14.2 Å². The summed E-state index contributed by atoms with van der Waals surface area (Å²) >= 11 is 0. The van der Waals surface area contributed by atoms with Crippen molar-refractivity contribution in [3.8, 4) is 17.4 Å². The van der Waals surface area contributed by atoms with E-state index in [9.17, 15) is 9.90 Å². The topological polar surface area (TPSA) is 85.4 Å². The molecular weight excluding hydrogens is 358 g/mol. The molecule has 28 heavy (non-hydrogen) atoms. The van der Waals surface area contributed by atoms with E-state index in [0.29, 0.717) is 24.0 Å². The Morgan fingerprint density at radius 1 is 1.11 bits per heavy atom. The molecule has 1 amide bonds. The standard InChI is InChI=1S/C21H23N3O4/c1-13(2)12-24-18-8-6-5-7-17(18)19(21(24)26)22-23-20(25)14-9-15(27-3)11-16(10-14)28-4/h5-11,13,26H,12H2,1-4H3. The largest absolute Gasteiger partial charge is 0.497 e. The van der Waals surface area contributed by atoms with E-state index in [1.807, 2.05) is 24.3 Å². The van der Waals surface area contributed by atoms with Crippen molar-refractivity contribution < 1.29 is 19.4 Å². The van der Waals surface area contributed by atoms with Gasteiger partial charge in [0.15, 0.2) is 5.69 Å². The Morgan fingerprint density at radius 2 is 1.75 bits per heavy atom. The van der Waals surface area contributed by atoms with E-state index in [4.69, 9.17) is 9.47 Å². The number of ether oxygens (including phenoxy) is 2. The monoisotopic (exact) mass is 381 g/mol. The van der Waals surface area contributed by atoms with E-state index in [2.05, 4.69) is 24.1 Å². The average molecular weight is 381 g/mol. The van der Waals surface area contributed by atoms with Crippen LogP contribution < -0.4 is 9.47 Å². The summed E-state index contributed by atoms with van der Waals surface area (Å²) < 4.78 is 12.1. The second-order valence-corrected chi connectivity index (χ2v) is 6.80. The number of hydrogen-bond donors (Lipinski definition) is 1. The lowest BCUT2D eigenvalue weighted by atomic mass is 10.2. The Balaban J connectivity index is 2.00. The van der Waals surface area contributed by atoms with Gasteiger partial charge in [0.2, 0.25) is 5.88 Å². The van der Waals surface area contributed by atoms with Crippen LogP contribution in [0.1, 0.15) is 24.2 Å². The summed E-state index contributed by atoms with van der Waals surface area (Å²) in [6.07, 6.45) is 0. The van der Waals surface area contributed by atoms with Gasteiger partial charge in [0, 0.05) is 18.0 Å². The number of rotatable bonds is 6. The molecule has 3 aromatic rings. The number of azo groups is 1. The first-order valence-corrected chi connectivity index (χ1v) is 8.94. The molecule has 0 atom stereocenters. The Labute approximate surface area is 163 Å². The van der Waals surface area contributed by atoms with Crippen LogP contribution in [0, 0.1) is 5.92 Å². The lowest BCUT2D eigenvalue weighted by molar-refractivity contribution is 0.0994. The van der Waals surface area contributed by atoms with Crippen molar-refractivity contribution in [3.63, 3.8) is 0 Å². The van der Waals surface area contributed by atoms with Gasteiger partial charge < -0.3 is 19.1 Å². The summed E-state index contributed by atoms with van der Waals surface area (Å²) in [6, 6.07) is 12.3. The van der Waals surface area contributed by atoms with Crippen LogP contribution in [-0.2, 0) is 6.54 Å². The van der Waals surface area contributed by atoms with Gasteiger partial charge in [0.1, 0.15) is 11.5 Å². The minimum Gasteiger partial charge on any atom is -0.497 e. The number of methoxy groups -OCH3 is 2. The summed E-state index contributed by atoms with van der Waals surface area (Å²) in [5, 5.41) is 19.3. The van der Waals surface area contributed by atoms with E-state index in [1.54, 1.807) is 22.8 Å². The van der Waals surface area contributed by atoms with Gasteiger partial charge in [-0.25, -0.2) is 0 Å². The summed E-state index contributed by atoms with van der Waals surface area (Å²) in [7, 11) is 3.01. The van der Waals surface area contributed by atoms with Gasteiger partial charge >= 0.3 is 0 Å². The second kappa shape index (κ2) is 8.12. The fourth-order valence-electron chi connectivity index (χ4n) is 3.00. The van der Waals surface area contributed by atoms with Crippen LogP contribution in [-0.4, -0.2) is 29.8 Å². The average Bonchev–Trinajstić information content (AvgIpc) is 2.96. The molecule has 3 rings (SSSR count). The first kappa shape index (κ1) is 19.4. The summed E-state index contributed by atoms with van der Waals surface area (Å²) in [6.45, 7) is 4.76. The van der Waals surface area contributed by atoms with Crippen molar-refractivity contribution in [2.45, 2.75) is 20.4 Å². The summed E-state index contributed by atoms with van der Waals surface area (Å²) in [4.78, 5) is 12.5. The number of fused-ring (bicyclic) bond motifs is 1. The molecule has 0 aliphatic rings. The van der Waals surface area contributed by atoms with Gasteiger partial charge in [-0.05, 0) is 24.1 Å². The maximum Gasteiger partial charge on any atom is 0.295 e. The van der Waals surface area contributed by atoms with Crippen molar-refractivity contribution in [2.24, 2.45) is 16.1 Å². The number of hydrogen-bond acceptors (Lipinski definition) is 5. The number of carbonyl (C=O) groups excluding carboxylic acids is 1. The number of aromatic hydroxyl groups is 1. The molecule has 1 aromatic heterocycles. The molecule has 0 saturated heterocycles. The fourth-order valence-corrected chi connectivity index (χ4v) is 3.00. The third-order valence-corrected chi connectivity index (χ3v) is 4.30. The van der Waals surface area contributed by atoms with Gasteiger partial charge in [-0.1, -0.05) is 32.0 Å². The molecule has 0 aliphatic carbocycles. The third-order valence-electron chi connectivity index (χ3n) is 4.30. The van der Waals surface area contributed by atoms with E-state index < -0.39 is 5.91 Å². The molecule has 0 unspecified atom stereocenters. The predicted octanol–water partition coefficient (Wildman–Crippen LogP) is 4.94. The normalized spacial score (nSPS) is 11.5. The van der Waals surface area contributed by atoms with Crippen molar-refractivity contribution in [1.82, 2.24) is 4.57 Å². The van der Waals surface area contributed by atoms with Crippen LogP contribution in [0.25, 0.3) is 10.9 Å². The molecule has 0 spiro atoms. The smallest absolute Gasteiger partial charge is 0.295 e. The molecule has 2 aromatic carbocycles. The number of amides is 1. The minimum atomic E-state index is -0.558. The van der Waals surface area contributed by atoms with Gasteiger partial charge in [-0.2, -0.15) is 0 Å². The number of carbonyl (C=O) groups is 1. The first-order chi connectivity index (χ1) is 13.4. The third kappa shape index (κ3) is 3.83. The molecule has 146 valence electrons. The molecule has 0 radical (unpaired) electrons. The van der Waals surface area contributed by atoms with Crippen molar-refractivity contribution >= 4 is 22.5 Å². The lowest BCUT2D eigenvalue weighted by Crippen LogP contribution is -2.03. The second-order valence-electron chi connectivity index (χ2n) is 6.80. The summed E-state index contributed by atoms with van der Waals surface area (Å²) in [5.74, 6) is 0.730. The zero-order valence-electron chi connectivity index (χ0n) is 16.3. The Hall–Kier alpha value is -3.35. The zero-order valence-corrected chi connectivity index (χ0v) is 16.3. The highest BCUT2D eigenvalue weighted by molar-refractivity contribution is 5.97. The molecule has 7 heteroatoms. The number of nitrogens with zero attached hydrogens (tertiary/aromatic N) is 3. The number of para-hydroxylation sites is 1. The van der Waals surface area contributed by atoms with Gasteiger partial charge in [0.25, 0.3) is 5.91 Å². The highest BCUT2D eigenvalue weighted by atomic mass is 16.5. The molecule has 0 saturated carbocycles. The lowest BCUT2D eigenvalue weighted by Gasteiger charge is -2.09. The maximum absolute atomic E-state index is 12.5. The van der Waals surface area contributed by atoms with Crippen LogP contribution >= 0.6 is 0 Å². The quantitative estimate of drug-likeness (QED) is 0.613. The molecule has 0 aliphatic heterocycles. The molecule has 0 bridgehead atoms. The first-order valence-electron chi connectivity index (χ1n) is 8.94. The molecule has 7 nitrogen and oxygen atoms in total. The fraction of sp³-hybridized carbons (Fsp3) is 0.286. The number of aromatic nitrogens is 1.